The van der Waals surface area contributed by atoms with Crippen LogP contribution in [0.3, 0.4) is 0 Å². The average Bonchev–Trinajstić information content (AvgIpc) is 2.69. The number of para-hydroxylation sites is 1. The molecule has 0 aromatic heterocycles. The molecule has 0 saturated carbocycles. The lowest BCUT2D eigenvalue weighted by molar-refractivity contribution is -0.149. The van der Waals surface area contributed by atoms with Crippen LogP contribution in [0, 0.1) is 5.41 Å². The first kappa shape index (κ1) is 24.6. The number of methoxy groups -OCH3 is 2. The Morgan fingerprint density at radius 2 is 1.68 bits per heavy atom. The van der Waals surface area contributed by atoms with Crippen molar-refractivity contribution in [3.05, 3.63) is 64.3 Å². The van der Waals surface area contributed by atoms with E-state index in [-0.39, 0.29) is 11.8 Å². The highest BCUT2D eigenvalue weighted by Gasteiger charge is 2.43. The van der Waals surface area contributed by atoms with Crippen LogP contribution in [0.2, 0.25) is 0 Å². The molecule has 0 radical (unpaired) electrons. The fraction of sp³-hybridized carbons (Fsp3) is 0.462. The van der Waals surface area contributed by atoms with Gasteiger partial charge in [0.2, 0.25) is 0 Å². The highest BCUT2D eigenvalue weighted by Crippen LogP contribution is 2.46. The predicted octanol–water partition coefficient (Wildman–Crippen LogP) is 5.46. The van der Waals surface area contributed by atoms with Crippen LogP contribution < -0.4 is 4.74 Å². The van der Waals surface area contributed by atoms with Gasteiger partial charge in [-0.2, -0.15) is 0 Å². The van der Waals surface area contributed by atoms with Crippen molar-refractivity contribution in [2.24, 2.45) is 5.41 Å². The van der Waals surface area contributed by atoms with Crippen LogP contribution in [0.5, 0.6) is 5.75 Å². The molecular formula is C26H34O5. The summed E-state index contributed by atoms with van der Waals surface area (Å²) in [5.41, 5.74) is 2.43. The molecule has 0 N–H and O–H groups in total. The third-order valence-corrected chi connectivity index (χ3v) is 5.87. The van der Waals surface area contributed by atoms with Gasteiger partial charge in [-0.25, -0.2) is 4.79 Å². The number of hydrogen-bond acceptors (Lipinski definition) is 5. The van der Waals surface area contributed by atoms with Gasteiger partial charge in [0.25, 0.3) is 0 Å². The van der Waals surface area contributed by atoms with E-state index in [2.05, 4.69) is 0 Å². The van der Waals surface area contributed by atoms with Gasteiger partial charge in [-0.1, -0.05) is 23.8 Å². The molecule has 5 nitrogen and oxygen atoms in total. The molecular weight excluding hydrogens is 392 g/mol. The van der Waals surface area contributed by atoms with Crippen LogP contribution in [-0.4, -0.2) is 37.7 Å². The SMILES string of the molecule is COc1ccccc1C(=O)C=CC1(C)C(C)=C(C)C(C(=O)OC(C)(C)C)=C(C)C1OC. The van der Waals surface area contributed by atoms with E-state index in [1.807, 2.05) is 60.6 Å². The Hall–Kier alpha value is -2.66. The van der Waals surface area contributed by atoms with Gasteiger partial charge in [0.05, 0.1) is 24.4 Å². The molecule has 31 heavy (non-hydrogen) atoms. The summed E-state index contributed by atoms with van der Waals surface area (Å²) in [6, 6.07) is 7.13. The van der Waals surface area contributed by atoms with Gasteiger partial charge in [-0.15, -0.1) is 0 Å². The average molecular weight is 427 g/mol. The molecule has 0 fully saturated rings. The molecule has 1 aliphatic rings. The largest absolute Gasteiger partial charge is 0.496 e. The van der Waals surface area contributed by atoms with Crippen LogP contribution in [-0.2, 0) is 14.3 Å². The first-order valence-corrected chi connectivity index (χ1v) is 10.4. The zero-order chi connectivity index (χ0) is 23.6. The van der Waals surface area contributed by atoms with Crippen LogP contribution in [0.4, 0.5) is 0 Å². The molecule has 2 atom stereocenters. The molecule has 2 rings (SSSR count). The second-order valence-corrected chi connectivity index (χ2v) is 9.11. The Bertz CT molecular complexity index is 958. The Kier molecular flexibility index (Phi) is 7.32. The van der Waals surface area contributed by atoms with Crippen molar-refractivity contribution in [2.75, 3.05) is 14.2 Å². The molecule has 1 aromatic rings. The van der Waals surface area contributed by atoms with Crippen LogP contribution in [0.25, 0.3) is 0 Å². The van der Waals surface area contributed by atoms with Crippen LogP contribution in [0.15, 0.2) is 58.7 Å². The van der Waals surface area contributed by atoms with Gasteiger partial charge in [0.15, 0.2) is 5.78 Å². The topological polar surface area (TPSA) is 61.8 Å². The zero-order valence-corrected chi connectivity index (χ0v) is 20.1. The molecule has 2 unspecified atom stereocenters. The number of rotatable bonds is 6. The Labute approximate surface area is 185 Å². The molecule has 0 heterocycles. The minimum absolute atomic E-state index is 0.154. The van der Waals surface area contributed by atoms with E-state index in [0.717, 1.165) is 16.7 Å². The normalized spacial score (nSPS) is 22.2. The smallest absolute Gasteiger partial charge is 0.338 e. The van der Waals surface area contributed by atoms with Crippen molar-refractivity contribution < 1.29 is 23.8 Å². The Morgan fingerprint density at radius 1 is 1.06 bits per heavy atom. The van der Waals surface area contributed by atoms with E-state index >= 15 is 0 Å². The highest BCUT2D eigenvalue weighted by atomic mass is 16.6. The summed E-state index contributed by atoms with van der Waals surface area (Å²) >= 11 is 0. The molecule has 0 bridgehead atoms. The summed E-state index contributed by atoms with van der Waals surface area (Å²) in [6.45, 7) is 13.3. The fourth-order valence-electron chi connectivity index (χ4n) is 4.13. The van der Waals surface area contributed by atoms with Crippen molar-refractivity contribution in [3.8, 4) is 5.75 Å². The number of allylic oxidation sites excluding steroid dienone is 1. The minimum atomic E-state index is -0.605. The van der Waals surface area contributed by atoms with Crippen molar-refractivity contribution in [1.82, 2.24) is 0 Å². The number of ketones is 1. The van der Waals surface area contributed by atoms with E-state index in [4.69, 9.17) is 14.2 Å². The quantitative estimate of drug-likeness (QED) is 0.343. The zero-order valence-electron chi connectivity index (χ0n) is 20.1. The number of carbonyl (C=O) groups is 2. The standard InChI is InChI=1S/C26H34O5/c1-16-18(3)26(7,15-14-20(27)19-12-10-11-13-21(19)29-8)23(30-9)17(2)22(16)24(28)31-25(4,5)6/h10-15,23H,1-9H3. The minimum Gasteiger partial charge on any atom is -0.496 e. The van der Waals surface area contributed by atoms with Crippen molar-refractivity contribution >= 4 is 11.8 Å². The first-order chi connectivity index (χ1) is 14.4. The predicted molar refractivity (Wildman–Crippen MR) is 122 cm³/mol. The summed E-state index contributed by atoms with van der Waals surface area (Å²) in [5, 5.41) is 0. The highest BCUT2D eigenvalue weighted by molar-refractivity contribution is 6.06. The Morgan fingerprint density at radius 3 is 2.23 bits per heavy atom. The molecule has 1 aromatic carbocycles. The maximum atomic E-state index is 12.9. The fourth-order valence-corrected chi connectivity index (χ4v) is 4.13. The van der Waals surface area contributed by atoms with Gasteiger partial charge in [-0.05, 0) is 77.8 Å². The van der Waals surface area contributed by atoms with Crippen LogP contribution >= 0.6 is 0 Å². The molecule has 168 valence electrons. The Balaban J connectivity index is 2.48. The van der Waals surface area contributed by atoms with E-state index in [9.17, 15) is 9.59 Å². The van der Waals surface area contributed by atoms with E-state index in [0.29, 0.717) is 16.9 Å². The lowest BCUT2D eigenvalue weighted by Gasteiger charge is -2.42. The first-order valence-electron chi connectivity index (χ1n) is 10.4. The van der Waals surface area contributed by atoms with E-state index < -0.39 is 17.1 Å². The van der Waals surface area contributed by atoms with Crippen molar-refractivity contribution in [2.45, 2.75) is 60.2 Å². The maximum Gasteiger partial charge on any atom is 0.338 e. The summed E-state index contributed by atoms with van der Waals surface area (Å²) in [5.74, 6) is 0.0135. The molecule has 0 aliphatic heterocycles. The van der Waals surface area contributed by atoms with Gasteiger partial charge in [-0.3, -0.25) is 4.79 Å². The van der Waals surface area contributed by atoms with E-state index in [1.165, 1.54) is 0 Å². The van der Waals surface area contributed by atoms with Gasteiger partial charge in [0.1, 0.15) is 11.4 Å². The monoisotopic (exact) mass is 426 g/mol. The number of carbonyl (C=O) groups excluding carboxylic acids is 2. The lowest BCUT2D eigenvalue weighted by Crippen LogP contribution is -2.40. The second-order valence-electron chi connectivity index (χ2n) is 9.11. The van der Waals surface area contributed by atoms with Gasteiger partial charge < -0.3 is 14.2 Å². The van der Waals surface area contributed by atoms with Gasteiger partial charge >= 0.3 is 5.97 Å². The van der Waals surface area contributed by atoms with Crippen LogP contribution in [0.1, 0.15) is 58.8 Å². The van der Waals surface area contributed by atoms with E-state index in [1.54, 1.807) is 38.5 Å². The molecule has 1 aliphatic carbocycles. The molecule has 0 spiro atoms. The third-order valence-electron chi connectivity index (χ3n) is 5.87. The maximum absolute atomic E-state index is 12.9. The third kappa shape index (κ3) is 4.99. The lowest BCUT2D eigenvalue weighted by atomic mass is 9.67. The van der Waals surface area contributed by atoms with Crippen molar-refractivity contribution in [1.29, 1.82) is 0 Å². The number of benzene rings is 1. The molecule has 0 amide bonds. The molecule has 5 heteroatoms. The number of hydrogen-bond donors (Lipinski definition) is 0. The number of ether oxygens (including phenoxy) is 3. The molecule has 0 saturated heterocycles. The number of esters is 1. The summed E-state index contributed by atoms with van der Waals surface area (Å²) in [7, 11) is 3.16. The second kappa shape index (κ2) is 9.23. The summed E-state index contributed by atoms with van der Waals surface area (Å²) < 4.78 is 16.8. The van der Waals surface area contributed by atoms with Crippen molar-refractivity contribution in [3.63, 3.8) is 0 Å². The summed E-state index contributed by atoms with van der Waals surface area (Å²) in [4.78, 5) is 25.8. The van der Waals surface area contributed by atoms with Gasteiger partial charge in [0, 0.05) is 12.5 Å². The summed E-state index contributed by atoms with van der Waals surface area (Å²) in [6.07, 6.45) is 3.01.